The standard InChI is InChI=1S/C18H18N2O3S/c1-11(13-7-4-3-5-8-13)19-18(22)15-16(14-9-6-10-24-14)20-23-17(15)12(2)21/h3-12,21H,1-2H3,(H,19,22)/t11-,12+/m1/s1. The number of aromatic nitrogens is 1. The van der Waals surface area contributed by atoms with Gasteiger partial charge in [0.05, 0.1) is 10.9 Å². The van der Waals surface area contributed by atoms with E-state index in [1.807, 2.05) is 54.8 Å². The average Bonchev–Trinajstić information content (AvgIpc) is 3.24. The number of hydrogen-bond donors (Lipinski definition) is 2. The van der Waals surface area contributed by atoms with E-state index in [1.165, 1.54) is 11.3 Å². The maximum absolute atomic E-state index is 12.8. The van der Waals surface area contributed by atoms with Crippen LogP contribution in [0.15, 0.2) is 52.4 Å². The molecular weight excluding hydrogens is 324 g/mol. The summed E-state index contributed by atoms with van der Waals surface area (Å²) in [5, 5.41) is 18.8. The van der Waals surface area contributed by atoms with Gasteiger partial charge in [0.1, 0.15) is 17.4 Å². The second kappa shape index (κ2) is 6.98. The van der Waals surface area contributed by atoms with Crippen LogP contribution in [0.4, 0.5) is 0 Å². The van der Waals surface area contributed by atoms with Crippen molar-refractivity contribution < 1.29 is 14.4 Å². The first-order chi connectivity index (χ1) is 11.6. The number of hydrogen-bond acceptors (Lipinski definition) is 5. The topological polar surface area (TPSA) is 75.4 Å². The average molecular weight is 342 g/mol. The first-order valence-electron chi connectivity index (χ1n) is 7.65. The number of carbonyl (C=O) groups excluding carboxylic acids is 1. The maximum atomic E-state index is 12.8. The molecule has 24 heavy (non-hydrogen) atoms. The van der Waals surface area contributed by atoms with Crippen LogP contribution in [-0.2, 0) is 0 Å². The van der Waals surface area contributed by atoms with Gasteiger partial charge in [0.15, 0.2) is 5.76 Å². The monoisotopic (exact) mass is 342 g/mol. The van der Waals surface area contributed by atoms with Crippen molar-refractivity contribution in [3.63, 3.8) is 0 Å². The molecule has 1 amide bonds. The highest BCUT2D eigenvalue weighted by Crippen LogP contribution is 2.32. The van der Waals surface area contributed by atoms with Crippen molar-refractivity contribution in [2.75, 3.05) is 0 Å². The van der Waals surface area contributed by atoms with E-state index in [1.54, 1.807) is 6.92 Å². The van der Waals surface area contributed by atoms with E-state index in [4.69, 9.17) is 4.52 Å². The normalized spacial score (nSPS) is 13.5. The molecule has 0 aliphatic carbocycles. The SMILES string of the molecule is C[C@H](O)c1onc(-c2cccs2)c1C(=O)N[C@H](C)c1ccccc1. The molecule has 3 aromatic rings. The Morgan fingerprint density at radius 1 is 1.21 bits per heavy atom. The van der Waals surface area contributed by atoms with Crippen molar-refractivity contribution in [3.8, 4) is 10.6 Å². The first-order valence-corrected chi connectivity index (χ1v) is 8.53. The van der Waals surface area contributed by atoms with Gasteiger partial charge in [0.2, 0.25) is 0 Å². The van der Waals surface area contributed by atoms with Gasteiger partial charge >= 0.3 is 0 Å². The van der Waals surface area contributed by atoms with Crippen molar-refractivity contribution in [2.45, 2.75) is 26.0 Å². The number of thiophene rings is 1. The Labute approximate surface area is 143 Å². The predicted molar refractivity (Wildman–Crippen MR) is 92.8 cm³/mol. The number of nitrogens with one attached hydrogen (secondary N) is 1. The first kappa shape index (κ1) is 16.4. The van der Waals surface area contributed by atoms with Gasteiger partial charge in [0.25, 0.3) is 5.91 Å². The molecule has 0 radical (unpaired) electrons. The summed E-state index contributed by atoms with van der Waals surface area (Å²) in [7, 11) is 0. The van der Waals surface area contributed by atoms with E-state index in [0.717, 1.165) is 10.4 Å². The molecule has 2 heterocycles. The molecular formula is C18H18N2O3S. The number of rotatable bonds is 5. The van der Waals surface area contributed by atoms with Crippen LogP contribution in [0.3, 0.4) is 0 Å². The summed E-state index contributed by atoms with van der Waals surface area (Å²) in [4.78, 5) is 13.6. The number of aliphatic hydroxyl groups excluding tert-OH is 1. The van der Waals surface area contributed by atoms with Crippen molar-refractivity contribution >= 4 is 17.2 Å². The van der Waals surface area contributed by atoms with Crippen molar-refractivity contribution in [1.82, 2.24) is 10.5 Å². The summed E-state index contributed by atoms with van der Waals surface area (Å²) in [6.45, 7) is 3.46. The summed E-state index contributed by atoms with van der Waals surface area (Å²) in [5.41, 5.74) is 1.74. The summed E-state index contributed by atoms with van der Waals surface area (Å²) in [6.07, 6.45) is -0.918. The highest BCUT2D eigenvalue weighted by Gasteiger charge is 2.27. The minimum absolute atomic E-state index is 0.174. The Bertz CT molecular complexity index is 810. The molecule has 0 aliphatic heterocycles. The minimum atomic E-state index is -0.918. The number of amides is 1. The predicted octanol–water partition coefficient (Wildman–Crippen LogP) is 3.95. The third-order valence-corrected chi connectivity index (χ3v) is 4.60. The van der Waals surface area contributed by atoms with Gasteiger partial charge < -0.3 is 14.9 Å². The molecule has 0 aliphatic rings. The molecule has 0 saturated carbocycles. The van der Waals surface area contributed by atoms with E-state index < -0.39 is 6.10 Å². The van der Waals surface area contributed by atoms with Crippen LogP contribution in [0.1, 0.15) is 47.7 Å². The Kier molecular flexibility index (Phi) is 4.78. The van der Waals surface area contributed by atoms with Crippen molar-refractivity contribution in [2.24, 2.45) is 0 Å². The Hall–Kier alpha value is -2.44. The van der Waals surface area contributed by atoms with Gasteiger partial charge in [-0.2, -0.15) is 0 Å². The summed E-state index contributed by atoms with van der Waals surface area (Å²) < 4.78 is 5.24. The Morgan fingerprint density at radius 3 is 2.58 bits per heavy atom. The zero-order valence-corrected chi connectivity index (χ0v) is 14.2. The van der Waals surface area contributed by atoms with Crippen molar-refractivity contribution in [1.29, 1.82) is 0 Å². The summed E-state index contributed by atoms with van der Waals surface area (Å²) >= 11 is 1.46. The second-order valence-corrected chi connectivity index (χ2v) is 6.48. The molecule has 124 valence electrons. The lowest BCUT2D eigenvalue weighted by molar-refractivity contribution is 0.0927. The zero-order valence-electron chi connectivity index (χ0n) is 13.4. The molecule has 0 spiro atoms. The van der Waals surface area contributed by atoms with Crippen molar-refractivity contribution in [3.05, 3.63) is 64.7 Å². The van der Waals surface area contributed by atoms with Crippen LogP contribution in [-0.4, -0.2) is 16.2 Å². The number of carbonyl (C=O) groups is 1. The zero-order chi connectivity index (χ0) is 17.1. The van der Waals surface area contributed by atoms with Crippen LogP contribution >= 0.6 is 11.3 Å². The molecule has 0 unspecified atom stereocenters. The van der Waals surface area contributed by atoms with Gasteiger partial charge in [-0.15, -0.1) is 11.3 Å². The fourth-order valence-electron chi connectivity index (χ4n) is 2.48. The molecule has 5 nitrogen and oxygen atoms in total. The quantitative estimate of drug-likeness (QED) is 0.736. The van der Waals surface area contributed by atoms with Gasteiger partial charge in [0, 0.05) is 0 Å². The van der Waals surface area contributed by atoms with Crippen LogP contribution in [0.2, 0.25) is 0 Å². The largest absolute Gasteiger partial charge is 0.385 e. The second-order valence-electron chi connectivity index (χ2n) is 5.53. The lowest BCUT2D eigenvalue weighted by Crippen LogP contribution is -2.27. The van der Waals surface area contributed by atoms with Crippen LogP contribution < -0.4 is 5.32 Å². The van der Waals surface area contributed by atoms with Gasteiger partial charge in [-0.3, -0.25) is 4.79 Å². The molecule has 0 fully saturated rings. The number of aliphatic hydroxyl groups is 1. The molecule has 2 aromatic heterocycles. The van der Waals surface area contributed by atoms with Gasteiger partial charge in [-0.05, 0) is 30.9 Å². The molecule has 0 bridgehead atoms. The van der Waals surface area contributed by atoms with Crippen LogP contribution in [0.5, 0.6) is 0 Å². The van der Waals surface area contributed by atoms with Crippen LogP contribution in [0, 0.1) is 0 Å². The molecule has 2 atom stereocenters. The summed E-state index contributed by atoms with van der Waals surface area (Å²) in [6, 6.07) is 13.3. The lowest BCUT2D eigenvalue weighted by Gasteiger charge is -2.14. The van der Waals surface area contributed by atoms with E-state index in [-0.39, 0.29) is 23.3 Å². The fourth-order valence-corrected chi connectivity index (χ4v) is 3.19. The molecule has 6 heteroatoms. The smallest absolute Gasteiger partial charge is 0.257 e. The highest BCUT2D eigenvalue weighted by atomic mass is 32.1. The molecule has 3 rings (SSSR count). The Balaban J connectivity index is 1.92. The number of benzene rings is 1. The van der Waals surface area contributed by atoms with E-state index in [9.17, 15) is 9.90 Å². The van der Waals surface area contributed by atoms with Gasteiger partial charge in [-0.25, -0.2) is 0 Å². The minimum Gasteiger partial charge on any atom is -0.385 e. The maximum Gasteiger partial charge on any atom is 0.257 e. The lowest BCUT2D eigenvalue weighted by atomic mass is 10.1. The number of nitrogens with zero attached hydrogens (tertiary/aromatic N) is 1. The Morgan fingerprint density at radius 2 is 1.96 bits per heavy atom. The van der Waals surface area contributed by atoms with Gasteiger partial charge in [-0.1, -0.05) is 41.6 Å². The van der Waals surface area contributed by atoms with Crippen LogP contribution in [0.25, 0.3) is 10.6 Å². The molecule has 1 aromatic carbocycles. The van der Waals surface area contributed by atoms with E-state index >= 15 is 0 Å². The molecule has 2 N–H and O–H groups in total. The summed E-state index contributed by atoms with van der Waals surface area (Å²) in [5.74, 6) is -0.136. The third-order valence-electron chi connectivity index (χ3n) is 3.73. The fraction of sp³-hybridized carbons (Fsp3) is 0.222. The highest BCUT2D eigenvalue weighted by molar-refractivity contribution is 7.13. The third kappa shape index (κ3) is 3.25. The van der Waals surface area contributed by atoms with E-state index in [2.05, 4.69) is 10.5 Å². The van der Waals surface area contributed by atoms with E-state index in [0.29, 0.717) is 5.69 Å². The molecule has 0 saturated heterocycles.